The highest BCUT2D eigenvalue weighted by atomic mass is 19.1. The zero-order valence-corrected chi connectivity index (χ0v) is 10.6. The molecule has 0 bridgehead atoms. The van der Waals surface area contributed by atoms with Gasteiger partial charge >= 0.3 is 0 Å². The lowest BCUT2D eigenvalue weighted by molar-refractivity contribution is 0.244. The van der Waals surface area contributed by atoms with Crippen molar-refractivity contribution in [1.29, 1.82) is 0 Å². The number of hydrogen-bond acceptors (Lipinski definition) is 3. The summed E-state index contributed by atoms with van der Waals surface area (Å²) in [4.78, 5) is 2.20. The number of nitrogens with zero attached hydrogens (tertiary/aromatic N) is 1. The van der Waals surface area contributed by atoms with Crippen LogP contribution in [0.15, 0.2) is 18.2 Å². The van der Waals surface area contributed by atoms with Crippen molar-refractivity contribution < 1.29 is 9.50 Å². The number of benzene rings is 1. The molecule has 1 atom stereocenters. The van der Waals surface area contributed by atoms with E-state index in [1.54, 1.807) is 12.1 Å². The Labute approximate surface area is 107 Å². The maximum atomic E-state index is 13.7. The molecule has 0 amide bonds. The number of anilines is 1. The van der Waals surface area contributed by atoms with Crippen LogP contribution in [-0.2, 0) is 6.54 Å². The predicted octanol–water partition coefficient (Wildman–Crippen LogP) is 1.88. The fourth-order valence-electron chi connectivity index (χ4n) is 2.62. The molecule has 1 aromatic rings. The van der Waals surface area contributed by atoms with Gasteiger partial charge in [-0.2, -0.15) is 0 Å². The molecule has 1 heterocycles. The van der Waals surface area contributed by atoms with Crippen molar-refractivity contribution in [3.8, 4) is 0 Å². The lowest BCUT2D eigenvalue weighted by Crippen LogP contribution is -2.35. The molecular weight excluding hydrogens is 231 g/mol. The molecule has 1 saturated heterocycles. The third-order valence-corrected chi connectivity index (χ3v) is 3.68. The SMILES string of the molecule is NCc1ccc(N2CCCC(CCO)C2)cc1F. The van der Waals surface area contributed by atoms with Gasteiger partial charge in [0.2, 0.25) is 0 Å². The van der Waals surface area contributed by atoms with Gasteiger partial charge in [-0.15, -0.1) is 0 Å². The normalized spacial score (nSPS) is 20.2. The first kappa shape index (κ1) is 13.3. The van der Waals surface area contributed by atoms with E-state index in [1.807, 2.05) is 6.07 Å². The van der Waals surface area contributed by atoms with E-state index in [-0.39, 0.29) is 19.0 Å². The van der Waals surface area contributed by atoms with Crippen molar-refractivity contribution in [3.05, 3.63) is 29.6 Å². The first-order valence-electron chi connectivity index (χ1n) is 6.59. The van der Waals surface area contributed by atoms with E-state index >= 15 is 0 Å². The van der Waals surface area contributed by atoms with Crippen molar-refractivity contribution in [2.24, 2.45) is 11.7 Å². The molecule has 18 heavy (non-hydrogen) atoms. The Morgan fingerprint density at radius 1 is 1.44 bits per heavy atom. The van der Waals surface area contributed by atoms with Crippen LogP contribution in [0.5, 0.6) is 0 Å². The van der Waals surface area contributed by atoms with Crippen LogP contribution in [0.1, 0.15) is 24.8 Å². The van der Waals surface area contributed by atoms with Crippen LogP contribution >= 0.6 is 0 Å². The summed E-state index contributed by atoms with van der Waals surface area (Å²) < 4.78 is 13.7. The number of hydrogen-bond donors (Lipinski definition) is 2. The Bertz CT molecular complexity index is 395. The third kappa shape index (κ3) is 3.00. The van der Waals surface area contributed by atoms with E-state index in [4.69, 9.17) is 10.8 Å². The van der Waals surface area contributed by atoms with Gasteiger partial charge in [0.25, 0.3) is 0 Å². The molecule has 1 unspecified atom stereocenters. The fourth-order valence-corrected chi connectivity index (χ4v) is 2.62. The van der Waals surface area contributed by atoms with Crippen LogP contribution in [-0.4, -0.2) is 24.8 Å². The van der Waals surface area contributed by atoms with Crippen molar-refractivity contribution in [2.75, 3.05) is 24.6 Å². The molecule has 0 saturated carbocycles. The van der Waals surface area contributed by atoms with Gasteiger partial charge in [0.05, 0.1) is 0 Å². The van der Waals surface area contributed by atoms with Gasteiger partial charge < -0.3 is 15.7 Å². The number of rotatable bonds is 4. The van der Waals surface area contributed by atoms with E-state index in [9.17, 15) is 4.39 Å². The number of piperidine rings is 1. The van der Waals surface area contributed by atoms with E-state index in [2.05, 4.69) is 4.90 Å². The lowest BCUT2D eigenvalue weighted by Gasteiger charge is -2.34. The van der Waals surface area contributed by atoms with Crippen LogP contribution in [0.4, 0.5) is 10.1 Å². The first-order valence-corrected chi connectivity index (χ1v) is 6.59. The molecule has 0 aromatic heterocycles. The number of halogens is 1. The fraction of sp³-hybridized carbons (Fsp3) is 0.571. The second-order valence-electron chi connectivity index (χ2n) is 4.95. The number of aliphatic hydroxyl groups excluding tert-OH is 1. The molecule has 0 aliphatic carbocycles. The highest BCUT2D eigenvalue weighted by Crippen LogP contribution is 2.26. The largest absolute Gasteiger partial charge is 0.396 e. The molecule has 4 heteroatoms. The van der Waals surface area contributed by atoms with Gasteiger partial charge in [-0.3, -0.25) is 0 Å². The standard InChI is InChI=1S/C14H21FN2O/c15-14-8-13(4-3-12(14)9-16)17-6-1-2-11(10-17)5-7-18/h3-4,8,11,18H,1-2,5-7,9-10,16H2. The molecule has 1 aliphatic heterocycles. The van der Waals surface area contributed by atoms with Gasteiger partial charge in [-0.05, 0) is 37.3 Å². The lowest BCUT2D eigenvalue weighted by atomic mass is 9.94. The number of aliphatic hydroxyl groups is 1. The molecular formula is C14H21FN2O. The van der Waals surface area contributed by atoms with E-state index in [0.717, 1.165) is 38.0 Å². The van der Waals surface area contributed by atoms with Crippen molar-refractivity contribution in [1.82, 2.24) is 0 Å². The summed E-state index contributed by atoms with van der Waals surface area (Å²) >= 11 is 0. The predicted molar refractivity (Wildman–Crippen MR) is 70.9 cm³/mol. The van der Waals surface area contributed by atoms with Crippen LogP contribution in [0.2, 0.25) is 0 Å². The Morgan fingerprint density at radius 3 is 2.94 bits per heavy atom. The molecule has 0 radical (unpaired) electrons. The van der Waals surface area contributed by atoms with E-state index in [0.29, 0.717) is 11.5 Å². The Morgan fingerprint density at radius 2 is 2.28 bits per heavy atom. The van der Waals surface area contributed by atoms with Gasteiger partial charge in [-0.1, -0.05) is 6.07 Å². The second-order valence-corrected chi connectivity index (χ2v) is 4.95. The van der Waals surface area contributed by atoms with Gasteiger partial charge in [0.1, 0.15) is 5.82 Å². The maximum absolute atomic E-state index is 13.7. The highest BCUT2D eigenvalue weighted by Gasteiger charge is 2.20. The van der Waals surface area contributed by atoms with Crippen LogP contribution in [0.3, 0.4) is 0 Å². The smallest absolute Gasteiger partial charge is 0.129 e. The molecule has 3 nitrogen and oxygen atoms in total. The summed E-state index contributed by atoms with van der Waals surface area (Å²) in [6.07, 6.45) is 3.09. The zero-order chi connectivity index (χ0) is 13.0. The van der Waals surface area contributed by atoms with Crippen LogP contribution in [0, 0.1) is 11.7 Å². The number of nitrogens with two attached hydrogens (primary N) is 1. The van der Waals surface area contributed by atoms with Crippen molar-refractivity contribution >= 4 is 5.69 Å². The summed E-state index contributed by atoms with van der Waals surface area (Å²) in [7, 11) is 0. The summed E-state index contributed by atoms with van der Waals surface area (Å²) in [5.41, 5.74) is 6.94. The van der Waals surface area contributed by atoms with E-state index in [1.165, 1.54) is 0 Å². The maximum Gasteiger partial charge on any atom is 0.129 e. The summed E-state index contributed by atoms with van der Waals surface area (Å²) in [5, 5.41) is 9.00. The zero-order valence-electron chi connectivity index (χ0n) is 10.6. The van der Waals surface area contributed by atoms with E-state index < -0.39 is 0 Å². The highest BCUT2D eigenvalue weighted by molar-refractivity contribution is 5.48. The summed E-state index contributed by atoms with van der Waals surface area (Å²) in [6.45, 7) is 2.34. The summed E-state index contributed by atoms with van der Waals surface area (Å²) in [6, 6.07) is 5.27. The minimum atomic E-state index is -0.223. The Hall–Kier alpha value is -1.13. The summed E-state index contributed by atoms with van der Waals surface area (Å²) in [5.74, 6) is 0.292. The van der Waals surface area contributed by atoms with Crippen molar-refractivity contribution in [3.63, 3.8) is 0 Å². The average molecular weight is 252 g/mol. The molecule has 2 rings (SSSR count). The minimum absolute atomic E-state index is 0.223. The Kier molecular flexibility index (Phi) is 4.55. The van der Waals surface area contributed by atoms with Gasteiger partial charge in [-0.25, -0.2) is 4.39 Å². The van der Waals surface area contributed by atoms with Crippen LogP contribution < -0.4 is 10.6 Å². The molecule has 0 spiro atoms. The second kappa shape index (κ2) is 6.16. The third-order valence-electron chi connectivity index (χ3n) is 3.68. The monoisotopic (exact) mass is 252 g/mol. The molecule has 3 N–H and O–H groups in total. The Balaban J connectivity index is 2.08. The molecule has 100 valence electrons. The van der Waals surface area contributed by atoms with Crippen molar-refractivity contribution in [2.45, 2.75) is 25.8 Å². The quantitative estimate of drug-likeness (QED) is 0.860. The molecule has 1 aliphatic rings. The average Bonchev–Trinajstić information content (AvgIpc) is 2.39. The van der Waals surface area contributed by atoms with Gasteiger partial charge in [0.15, 0.2) is 0 Å². The topological polar surface area (TPSA) is 49.5 Å². The van der Waals surface area contributed by atoms with Crippen LogP contribution in [0.25, 0.3) is 0 Å². The molecule has 1 fully saturated rings. The van der Waals surface area contributed by atoms with Gasteiger partial charge in [0, 0.05) is 37.5 Å². The minimum Gasteiger partial charge on any atom is -0.396 e. The molecule has 1 aromatic carbocycles. The first-order chi connectivity index (χ1) is 8.74.